The number of rotatable bonds is 7. The third kappa shape index (κ3) is 5.64. The fraction of sp³-hybridized carbons (Fsp3) is 0.364. The van der Waals surface area contributed by atoms with Gasteiger partial charge in [-0.2, -0.15) is 4.31 Å². The normalized spacial score (nSPS) is 14.4. The zero-order valence-corrected chi connectivity index (χ0v) is 19.1. The van der Waals surface area contributed by atoms with Gasteiger partial charge < -0.3 is 9.64 Å². The van der Waals surface area contributed by atoms with Gasteiger partial charge in [0.15, 0.2) is 6.61 Å². The molecule has 0 saturated carbocycles. The Labute approximate surface area is 187 Å². The number of likely N-dealkylation sites (N-methyl/N-ethyl adjacent to an activating group) is 1. The molecule has 3 rings (SSSR count). The van der Waals surface area contributed by atoms with Crippen LogP contribution in [0.4, 0.5) is 0 Å². The Morgan fingerprint density at radius 3 is 2.39 bits per heavy atom. The highest BCUT2D eigenvalue weighted by atomic mass is 35.5. The largest absolute Gasteiger partial charge is 0.452 e. The highest BCUT2D eigenvalue weighted by Gasteiger charge is 2.30. The van der Waals surface area contributed by atoms with Crippen molar-refractivity contribution >= 4 is 33.5 Å². The quantitative estimate of drug-likeness (QED) is 0.587. The Balaban J connectivity index is 1.63. The van der Waals surface area contributed by atoms with Gasteiger partial charge in [0.25, 0.3) is 5.91 Å². The smallest absolute Gasteiger partial charge is 0.338 e. The first kappa shape index (κ1) is 23.2. The third-order valence-corrected chi connectivity index (χ3v) is 7.52. The second-order valence-electron chi connectivity index (χ2n) is 7.57. The minimum Gasteiger partial charge on any atom is -0.452 e. The number of esters is 1. The van der Waals surface area contributed by atoms with E-state index in [0.717, 1.165) is 24.0 Å². The molecule has 0 spiro atoms. The Bertz CT molecular complexity index is 1060. The van der Waals surface area contributed by atoms with Crippen LogP contribution in [0.1, 0.15) is 34.3 Å². The van der Waals surface area contributed by atoms with Crippen LogP contribution in [-0.4, -0.2) is 56.2 Å². The molecule has 2 aromatic rings. The highest BCUT2D eigenvalue weighted by molar-refractivity contribution is 7.89. The third-order valence-electron chi connectivity index (χ3n) is 5.14. The molecule has 0 N–H and O–H groups in total. The van der Waals surface area contributed by atoms with Gasteiger partial charge in [-0.05, 0) is 43.5 Å². The molecule has 0 bridgehead atoms. The molecule has 166 valence electrons. The van der Waals surface area contributed by atoms with E-state index in [1.807, 2.05) is 31.2 Å². The minimum atomic E-state index is -3.79. The molecular weight excluding hydrogens is 440 g/mol. The number of sulfonamides is 1. The summed E-state index contributed by atoms with van der Waals surface area (Å²) in [5, 5.41) is 0.0392. The van der Waals surface area contributed by atoms with Crippen molar-refractivity contribution in [3.8, 4) is 0 Å². The summed E-state index contributed by atoms with van der Waals surface area (Å²) in [4.78, 5) is 26.1. The first-order valence-electron chi connectivity index (χ1n) is 9.95. The van der Waals surface area contributed by atoms with E-state index in [-0.39, 0.29) is 21.4 Å². The van der Waals surface area contributed by atoms with Crippen LogP contribution < -0.4 is 0 Å². The second kappa shape index (κ2) is 9.80. The van der Waals surface area contributed by atoms with E-state index >= 15 is 0 Å². The van der Waals surface area contributed by atoms with Crippen LogP contribution in [0.2, 0.25) is 5.02 Å². The summed E-state index contributed by atoms with van der Waals surface area (Å²) in [6.45, 7) is 2.77. The van der Waals surface area contributed by atoms with Crippen molar-refractivity contribution in [3.05, 3.63) is 64.2 Å². The lowest BCUT2D eigenvalue weighted by molar-refractivity contribution is -0.133. The molecule has 31 heavy (non-hydrogen) atoms. The van der Waals surface area contributed by atoms with Crippen LogP contribution in [-0.2, 0) is 26.1 Å². The highest BCUT2D eigenvalue weighted by Crippen LogP contribution is 2.28. The van der Waals surface area contributed by atoms with Crippen LogP contribution in [0.5, 0.6) is 0 Å². The Morgan fingerprint density at radius 2 is 1.74 bits per heavy atom. The van der Waals surface area contributed by atoms with Gasteiger partial charge in [-0.25, -0.2) is 13.2 Å². The number of amides is 1. The summed E-state index contributed by atoms with van der Waals surface area (Å²) >= 11 is 6.10. The summed E-state index contributed by atoms with van der Waals surface area (Å²) in [5.74, 6) is -1.15. The number of aryl methyl sites for hydroxylation is 1. The molecule has 0 radical (unpaired) electrons. The van der Waals surface area contributed by atoms with Crippen molar-refractivity contribution in [1.82, 2.24) is 9.21 Å². The lowest BCUT2D eigenvalue weighted by Gasteiger charge is -2.18. The molecule has 0 atom stereocenters. The number of halogens is 1. The van der Waals surface area contributed by atoms with Gasteiger partial charge >= 0.3 is 5.97 Å². The first-order valence-corrected chi connectivity index (χ1v) is 11.8. The molecule has 1 aliphatic rings. The Kier molecular flexibility index (Phi) is 7.35. The van der Waals surface area contributed by atoms with Crippen molar-refractivity contribution in [2.45, 2.75) is 31.2 Å². The second-order valence-corrected chi connectivity index (χ2v) is 9.88. The van der Waals surface area contributed by atoms with Gasteiger partial charge in [-0.15, -0.1) is 0 Å². The van der Waals surface area contributed by atoms with E-state index in [1.54, 1.807) is 7.05 Å². The van der Waals surface area contributed by atoms with Gasteiger partial charge in [-0.1, -0.05) is 41.4 Å². The van der Waals surface area contributed by atoms with Crippen LogP contribution in [0.25, 0.3) is 0 Å². The minimum absolute atomic E-state index is 0.0242. The van der Waals surface area contributed by atoms with Crippen molar-refractivity contribution < 1.29 is 22.7 Å². The molecular formula is C22H25ClN2O5S. The van der Waals surface area contributed by atoms with Crippen molar-refractivity contribution in [2.75, 3.05) is 26.7 Å². The van der Waals surface area contributed by atoms with Crippen LogP contribution in [0.15, 0.2) is 47.4 Å². The number of benzene rings is 2. The molecule has 1 aliphatic heterocycles. The molecule has 1 saturated heterocycles. The van der Waals surface area contributed by atoms with E-state index in [4.69, 9.17) is 16.3 Å². The van der Waals surface area contributed by atoms with E-state index in [1.165, 1.54) is 27.4 Å². The molecule has 0 aliphatic carbocycles. The van der Waals surface area contributed by atoms with E-state index in [9.17, 15) is 18.0 Å². The molecule has 9 heteroatoms. The lowest BCUT2D eigenvalue weighted by atomic mass is 10.1. The monoisotopic (exact) mass is 464 g/mol. The summed E-state index contributed by atoms with van der Waals surface area (Å²) in [5.41, 5.74) is 2.11. The summed E-state index contributed by atoms with van der Waals surface area (Å²) in [6, 6.07) is 11.7. The predicted molar refractivity (Wildman–Crippen MR) is 117 cm³/mol. The van der Waals surface area contributed by atoms with Crippen LogP contribution in [0, 0.1) is 6.92 Å². The van der Waals surface area contributed by atoms with E-state index in [2.05, 4.69) is 0 Å². The van der Waals surface area contributed by atoms with Gasteiger partial charge in [-0.3, -0.25) is 4.79 Å². The van der Waals surface area contributed by atoms with Crippen LogP contribution >= 0.6 is 11.6 Å². The number of nitrogens with zero attached hydrogens (tertiary/aromatic N) is 2. The SMILES string of the molecule is Cc1ccc(CN(C)C(=O)COC(=O)c2ccc(Cl)c(S(=O)(=O)N3CCCC3)c2)cc1. The average molecular weight is 465 g/mol. The number of hydrogen-bond acceptors (Lipinski definition) is 5. The maximum absolute atomic E-state index is 12.8. The zero-order valence-electron chi connectivity index (χ0n) is 17.5. The fourth-order valence-corrected chi connectivity index (χ4v) is 5.29. The van der Waals surface area contributed by atoms with Crippen molar-refractivity contribution in [1.29, 1.82) is 0 Å². The van der Waals surface area contributed by atoms with Crippen LogP contribution in [0.3, 0.4) is 0 Å². The average Bonchev–Trinajstić information content (AvgIpc) is 3.29. The molecule has 0 aromatic heterocycles. The van der Waals surface area contributed by atoms with Gasteiger partial charge in [0.2, 0.25) is 10.0 Å². The van der Waals surface area contributed by atoms with Crippen molar-refractivity contribution in [2.24, 2.45) is 0 Å². The van der Waals surface area contributed by atoms with E-state index < -0.39 is 22.6 Å². The molecule has 1 amide bonds. The summed E-state index contributed by atoms with van der Waals surface area (Å²) in [6.07, 6.45) is 1.58. The topological polar surface area (TPSA) is 84.0 Å². The number of hydrogen-bond donors (Lipinski definition) is 0. The van der Waals surface area contributed by atoms with Gasteiger partial charge in [0.05, 0.1) is 10.6 Å². The number of carbonyl (C=O) groups excluding carboxylic acids is 2. The Hall–Kier alpha value is -2.42. The standard InChI is InChI=1S/C22H25ClN2O5S/c1-16-5-7-17(8-6-16)14-24(2)21(26)15-30-22(27)18-9-10-19(23)20(13-18)31(28,29)25-11-3-4-12-25/h5-10,13H,3-4,11-12,14-15H2,1-2H3. The summed E-state index contributed by atoms with van der Waals surface area (Å²) in [7, 11) is -2.17. The van der Waals surface area contributed by atoms with E-state index in [0.29, 0.717) is 19.6 Å². The molecule has 7 nitrogen and oxygen atoms in total. The zero-order chi connectivity index (χ0) is 22.6. The predicted octanol–water partition coefficient (Wildman–Crippen LogP) is 3.25. The first-order chi connectivity index (χ1) is 14.7. The van der Waals surface area contributed by atoms with Gasteiger partial charge in [0, 0.05) is 26.7 Å². The molecule has 1 fully saturated rings. The molecule has 1 heterocycles. The number of ether oxygens (including phenoxy) is 1. The Morgan fingerprint density at radius 1 is 1.10 bits per heavy atom. The van der Waals surface area contributed by atoms with Crippen molar-refractivity contribution in [3.63, 3.8) is 0 Å². The molecule has 0 unspecified atom stereocenters. The molecule has 2 aromatic carbocycles. The maximum Gasteiger partial charge on any atom is 0.338 e. The lowest BCUT2D eigenvalue weighted by Crippen LogP contribution is -2.31. The fourth-order valence-electron chi connectivity index (χ4n) is 3.27. The summed E-state index contributed by atoms with van der Waals surface area (Å²) < 4.78 is 32.1. The maximum atomic E-state index is 12.8. The number of carbonyl (C=O) groups is 2. The van der Waals surface area contributed by atoms with Gasteiger partial charge in [0.1, 0.15) is 4.90 Å².